The number of carbonyl (C=O) groups excluding carboxylic acids is 1. The topological polar surface area (TPSA) is 66.8 Å². The monoisotopic (exact) mass is 443 g/mol. The smallest absolute Gasteiger partial charge is 0.407 e. The number of likely N-dealkylation sites (tertiary alicyclic amines) is 1. The zero-order valence-electron chi connectivity index (χ0n) is 14.1. The molecule has 6 heteroatoms. The molecule has 1 N–H and O–H groups in total. The van der Waals surface area contributed by atoms with Gasteiger partial charge in [-0.2, -0.15) is 0 Å². The fourth-order valence-electron chi connectivity index (χ4n) is 4.14. The van der Waals surface area contributed by atoms with E-state index < -0.39 is 11.7 Å². The van der Waals surface area contributed by atoms with Crippen LogP contribution in [0.2, 0.25) is 0 Å². The zero-order chi connectivity index (χ0) is 17.7. The summed E-state index contributed by atoms with van der Waals surface area (Å²) in [5.41, 5.74) is -0.220. The number of piperidine rings is 1. The van der Waals surface area contributed by atoms with Crippen LogP contribution in [0, 0.1) is 14.9 Å². The van der Waals surface area contributed by atoms with Crippen LogP contribution in [0.25, 0.3) is 0 Å². The van der Waals surface area contributed by atoms with Gasteiger partial charge in [0.1, 0.15) is 11.4 Å². The van der Waals surface area contributed by atoms with Crippen molar-refractivity contribution in [3.63, 3.8) is 0 Å². The normalized spacial score (nSPS) is 22.9. The highest BCUT2D eigenvalue weighted by atomic mass is 127. The number of halogens is 1. The van der Waals surface area contributed by atoms with Crippen molar-refractivity contribution in [2.45, 2.75) is 39.2 Å². The molecule has 1 fully saturated rings. The Morgan fingerprint density at radius 1 is 1.33 bits per heavy atom. The Morgan fingerprint density at radius 2 is 1.96 bits per heavy atom. The van der Waals surface area contributed by atoms with Gasteiger partial charge in [-0.1, -0.05) is 26.8 Å². The molecule has 24 heavy (non-hydrogen) atoms. The van der Waals surface area contributed by atoms with Crippen molar-refractivity contribution in [1.29, 1.82) is 0 Å². The van der Waals surface area contributed by atoms with Gasteiger partial charge in [-0.15, -0.1) is 0 Å². The molecule has 1 spiro atoms. The van der Waals surface area contributed by atoms with Gasteiger partial charge in [-0.25, -0.2) is 4.79 Å². The molecule has 3 rings (SSSR count). The molecule has 1 aromatic rings. The standard InChI is InChI=1S/C18H22INO4/c1-17(2,3)15-14(21)13-11(19)5-4-6-12(13)24-18(15)7-9-20(10-8-18)16(22)23/h4-6,15H,7-10H2,1-3H3,(H,22,23). The predicted molar refractivity (Wildman–Crippen MR) is 98.6 cm³/mol. The molecule has 5 nitrogen and oxygen atoms in total. The number of ketones is 1. The van der Waals surface area contributed by atoms with Gasteiger partial charge in [0.25, 0.3) is 0 Å². The Labute approximate surface area is 155 Å². The van der Waals surface area contributed by atoms with Gasteiger partial charge in [-0.05, 0) is 40.1 Å². The van der Waals surface area contributed by atoms with E-state index >= 15 is 0 Å². The van der Waals surface area contributed by atoms with Crippen LogP contribution in [-0.2, 0) is 0 Å². The van der Waals surface area contributed by atoms with Crippen molar-refractivity contribution in [1.82, 2.24) is 4.90 Å². The minimum absolute atomic E-state index is 0.123. The molecule has 2 aliphatic rings. The number of nitrogens with zero attached hydrogens (tertiary/aromatic N) is 1. The van der Waals surface area contributed by atoms with Crippen LogP contribution in [0.3, 0.4) is 0 Å². The summed E-state index contributed by atoms with van der Waals surface area (Å²) in [6, 6.07) is 5.66. The van der Waals surface area contributed by atoms with E-state index in [0.717, 1.165) is 3.57 Å². The van der Waals surface area contributed by atoms with E-state index in [9.17, 15) is 14.7 Å². The zero-order valence-corrected chi connectivity index (χ0v) is 16.3. The Morgan fingerprint density at radius 3 is 2.50 bits per heavy atom. The van der Waals surface area contributed by atoms with Crippen molar-refractivity contribution < 1.29 is 19.4 Å². The third kappa shape index (κ3) is 2.78. The van der Waals surface area contributed by atoms with Crippen LogP contribution in [0.1, 0.15) is 44.0 Å². The molecule has 1 saturated heterocycles. The molecule has 0 bridgehead atoms. The second-order valence-corrected chi connectivity index (χ2v) is 8.87. The number of amides is 1. The maximum Gasteiger partial charge on any atom is 0.407 e. The van der Waals surface area contributed by atoms with E-state index in [1.54, 1.807) is 0 Å². The van der Waals surface area contributed by atoms with Crippen LogP contribution in [0.4, 0.5) is 4.79 Å². The fourth-order valence-corrected chi connectivity index (χ4v) is 4.88. The van der Waals surface area contributed by atoms with Crippen LogP contribution in [-0.4, -0.2) is 40.6 Å². The van der Waals surface area contributed by atoms with Gasteiger partial charge in [-0.3, -0.25) is 4.79 Å². The van der Waals surface area contributed by atoms with Crippen LogP contribution < -0.4 is 4.74 Å². The van der Waals surface area contributed by atoms with E-state index in [-0.39, 0.29) is 17.1 Å². The second-order valence-electron chi connectivity index (χ2n) is 7.71. The van der Waals surface area contributed by atoms with E-state index in [1.807, 2.05) is 18.2 Å². The first-order valence-corrected chi connectivity index (χ1v) is 9.23. The van der Waals surface area contributed by atoms with Crippen molar-refractivity contribution in [2.24, 2.45) is 11.3 Å². The van der Waals surface area contributed by atoms with Gasteiger partial charge in [0, 0.05) is 29.5 Å². The Hall–Kier alpha value is -1.31. The maximum absolute atomic E-state index is 13.4. The Balaban J connectivity index is 2.05. The molecular weight excluding hydrogens is 421 g/mol. The lowest BCUT2D eigenvalue weighted by atomic mass is 9.63. The summed E-state index contributed by atoms with van der Waals surface area (Å²) in [6.07, 6.45) is 0.171. The number of fused-ring (bicyclic) bond motifs is 1. The van der Waals surface area contributed by atoms with Crippen LogP contribution >= 0.6 is 22.6 Å². The van der Waals surface area contributed by atoms with Crippen molar-refractivity contribution in [3.8, 4) is 5.75 Å². The molecule has 2 heterocycles. The van der Waals surface area contributed by atoms with Crippen LogP contribution in [0.5, 0.6) is 5.75 Å². The summed E-state index contributed by atoms with van der Waals surface area (Å²) in [6.45, 7) is 6.98. The number of benzene rings is 1. The maximum atomic E-state index is 13.4. The average Bonchev–Trinajstić information content (AvgIpc) is 2.45. The number of hydrogen-bond acceptors (Lipinski definition) is 3. The Kier molecular flexibility index (Phi) is 4.30. The van der Waals surface area contributed by atoms with Crippen molar-refractivity contribution in [2.75, 3.05) is 13.1 Å². The number of hydrogen-bond donors (Lipinski definition) is 1. The summed E-state index contributed by atoms with van der Waals surface area (Å²) < 4.78 is 7.34. The first kappa shape index (κ1) is 17.5. The lowest BCUT2D eigenvalue weighted by molar-refractivity contribution is -0.0697. The molecule has 1 unspecified atom stereocenters. The highest BCUT2D eigenvalue weighted by Gasteiger charge is 2.56. The highest BCUT2D eigenvalue weighted by Crippen LogP contribution is 2.50. The van der Waals surface area contributed by atoms with Gasteiger partial charge < -0.3 is 14.7 Å². The summed E-state index contributed by atoms with van der Waals surface area (Å²) >= 11 is 2.18. The predicted octanol–water partition coefficient (Wildman–Crippen LogP) is 4.04. The minimum Gasteiger partial charge on any atom is -0.486 e. The highest BCUT2D eigenvalue weighted by molar-refractivity contribution is 14.1. The molecule has 0 radical (unpaired) electrons. The molecule has 1 amide bonds. The molecule has 1 atom stereocenters. The van der Waals surface area contributed by atoms with Gasteiger partial charge in [0.15, 0.2) is 5.78 Å². The van der Waals surface area contributed by atoms with Gasteiger partial charge in [0.05, 0.1) is 11.5 Å². The summed E-state index contributed by atoms with van der Waals surface area (Å²) in [7, 11) is 0. The van der Waals surface area contributed by atoms with E-state index in [0.29, 0.717) is 37.2 Å². The van der Waals surface area contributed by atoms with Crippen molar-refractivity contribution >= 4 is 34.5 Å². The molecule has 0 aromatic heterocycles. The number of carbonyl (C=O) groups is 2. The second kappa shape index (κ2) is 5.89. The third-order valence-electron chi connectivity index (χ3n) is 5.07. The fraction of sp³-hybridized carbons (Fsp3) is 0.556. The Bertz CT molecular complexity index is 687. The lowest BCUT2D eigenvalue weighted by Crippen LogP contribution is -2.60. The van der Waals surface area contributed by atoms with Crippen LogP contribution in [0.15, 0.2) is 18.2 Å². The molecule has 0 saturated carbocycles. The third-order valence-corrected chi connectivity index (χ3v) is 5.97. The molecular formula is C18H22INO4. The number of ether oxygens (including phenoxy) is 1. The lowest BCUT2D eigenvalue weighted by Gasteiger charge is -2.52. The van der Waals surface area contributed by atoms with E-state index in [2.05, 4.69) is 43.4 Å². The SMILES string of the molecule is CC(C)(C)C1C(=O)c2c(I)cccc2OC12CCN(C(=O)O)CC2. The number of rotatable bonds is 0. The number of Topliss-reactive ketones (excluding diaryl/α,β-unsaturated/α-hetero) is 1. The molecule has 0 aliphatic carbocycles. The largest absolute Gasteiger partial charge is 0.486 e. The summed E-state index contributed by atoms with van der Waals surface area (Å²) in [5, 5.41) is 9.21. The van der Waals surface area contributed by atoms with E-state index in [1.165, 1.54) is 4.90 Å². The molecule has 130 valence electrons. The summed E-state index contributed by atoms with van der Waals surface area (Å²) in [5.74, 6) is 0.470. The summed E-state index contributed by atoms with van der Waals surface area (Å²) in [4.78, 5) is 26.0. The molecule has 1 aromatic carbocycles. The van der Waals surface area contributed by atoms with Gasteiger partial charge >= 0.3 is 6.09 Å². The van der Waals surface area contributed by atoms with Crippen molar-refractivity contribution in [3.05, 3.63) is 27.3 Å². The first-order chi connectivity index (χ1) is 11.2. The first-order valence-electron chi connectivity index (χ1n) is 8.15. The quantitative estimate of drug-likeness (QED) is 0.615. The van der Waals surface area contributed by atoms with Gasteiger partial charge in [0.2, 0.25) is 0 Å². The molecule has 2 aliphatic heterocycles. The van der Waals surface area contributed by atoms with E-state index in [4.69, 9.17) is 4.74 Å². The minimum atomic E-state index is -0.908. The average molecular weight is 443 g/mol. The number of carboxylic acid groups (broad SMARTS) is 1.